The van der Waals surface area contributed by atoms with Crippen molar-refractivity contribution in [2.75, 3.05) is 13.2 Å². The number of carbonyl (C=O) groups is 2. The van der Waals surface area contributed by atoms with E-state index in [0.717, 1.165) is 11.1 Å². The molecule has 0 saturated carbocycles. The number of carbonyl (C=O) groups excluding carboxylic acids is 2. The van der Waals surface area contributed by atoms with Crippen LogP contribution in [0.5, 0.6) is 0 Å². The zero-order chi connectivity index (χ0) is 17.9. The molecule has 4 nitrogen and oxygen atoms in total. The van der Waals surface area contributed by atoms with Gasteiger partial charge in [-0.25, -0.2) is 0 Å². The first-order valence-electron chi connectivity index (χ1n) is 8.40. The number of hydrogen-bond donors (Lipinski definition) is 0. The number of hydrogen-bond acceptors (Lipinski definition) is 3. The summed E-state index contributed by atoms with van der Waals surface area (Å²) in [5, 5.41) is 0. The Morgan fingerprint density at radius 3 is 2.28 bits per heavy atom. The van der Waals surface area contributed by atoms with Gasteiger partial charge in [0, 0.05) is 19.2 Å². The summed E-state index contributed by atoms with van der Waals surface area (Å²) in [6.07, 6.45) is 3.51. The van der Waals surface area contributed by atoms with Crippen LogP contribution in [0.15, 0.2) is 66.7 Å². The van der Waals surface area contributed by atoms with E-state index < -0.39 is 0 Å². The summed E-state index contributed by atoms with van der Waals surface area (Å²) in [5.41, 5.74) is 1.98. The molecule has 0 aliphatic rings. The Balaban J connectivity index is 2.05. The van der Waals surface area contributed by atoms with Gasteiger partial charge < -0.3 is 9.64 Å². The molecular formula is C21H23NO3. The second kappa shape index (κ2) is 10.1. The van der Waals surface area contributed by atoms with Crippen molar-refractivity contribution in [1.82, 2.24) is 4.90 Å². The highest BCUT2D eigenvalue weighted by atomic mass is 16.5. The lowest BCUT2D eigenvalue weighted by Gasteiger charge is -2.21. The molecular weight excluding hydrogens is 314 g/mol. The fourth-order valence-corrected chi connectivity index (χ4v) is 2.37. The molecule has 0 aliphatic carbocycles. The van der Waals surface area contributed by atoms with Crippen molar-refractivity contribution < 1.29 is 14.3 Å². The van der Waals surface area contributed by atoms with Crippen molar-refractivity contribution in [2.24, 2.45) is 0 Å². The van der Waals surface area contributed by atoms with Crippen LogP contribution in [0.4, 0.5) is 0 Å². The summed E-state index contributed by atoms with van der Waals surface area (Å²) < 4.78 is 4.96. The summed E-state index contributed by atoms with van der Waals surface area (Å²) in [6, 6.07) is 19.4. The Labute approximate surface area is 148 Å². The summed E-state index contributed by atoms with van der Waals surface area (Å²) in [4.78, 5) is 25.9. The molecule has 0 radical (unpaired) electrons. The molecule has 0 fully saturated rings. The van der Waals surface area contributed by atoms with Crippen LogP contribution >= 0.6 is 0 Å². The minimum absolute atomic E-state index is 0.128. The van der Waals surface area contributed by atoms with Crippen molar-refractivity contribution in [2.45, 2.75) is 19.9 Å². The highest BCUT2D eigenvalue weighted by molar-refractivity contribution is 5.92. The molecule has 2 aromatic carbocycles. The van der Waals surface area contributed by atoms with Gasteiger partial charge in [-0.05, 0) is 24.1 Å². The van der Waals surface area contributed by atoms with Gasteiger partial charge in [0.1, 0.15) is 0 Å². The van der Waals surface area contributed by atoms with Gasteiger partial charge in [0.25, 0.3) is 0 Å². The smallest absolute Gasteiger partial charge is 0.307 e. The van der Waals surface area contributed by atoms with Crippen molar-refractivity contribution in [3.8, 4) is 0 Å². The van der Waals surface area contributed by atoms with Crippen LogP contribution < -0.4 is 0 Å². The quantitative estimate of drug-likeness (QED) is 0.545. The van der Waals surface area contributed by atoms with Crippen molar-refractivity contribution in [3.63, 3.8) is 0 Å². The first kappa shape index (κ1) is 18.5. The van der Waals surface area contributed by atoms with E-state index in [4.69, 9.17) is 4.74 Å². The molecule has 0 heterocycles. The fraction of sp³-hybridized carbons (Fsp3) is 0.238. The molecule has 25 heavy (non-hydrogen) atoms. The molecule has 0 aliphatic heterocycles. The zero-order valence-electron chi connectivity index (χ0n) is 14.4. The van der Waals surface area contributed by atoms with Crippen molar-refractivity contribution in [1.29, 1.82) is 0 Å². The van der Waals surface area contributed by atoms with Crippen LogP contribution in [0.3, 0.4) is 0 Å². The molecule has 0 saturated heterocycles. The van der Waals surface area contributed by atoms with E-state index in [1.807, 2.05) is 60.7 Å². The third-order valence-corrected chi connectivity index (χ3v) is 3.64. The predicted molar refractivity (Wildman–Crippen MR) is 98.6 cm³/mol. The molecule has 0 aromatic heterocycles. The average molecular weight is 337 g/mol. The number of ether oxygens (including phenoxy) is 1. The SMILES string of the molecule is CCOC(=O)CCN(Cc1ccccc1)C(=O)/C=C/c1ccccc1. The van der Waals surface area contributed by atoms with Crippen LogP contribution in [0.25, 0.3) is 6.08 Å². The molecule has 0 N–H and O–H groups in total. The van der Waals surface area contributed by atoms with Gasteiger partial charge in [0.05, 0.1) is 13.0 Å². The Kier molecular flexibility index (Phi) is 7.44. The normalized spacial score (nSPS) is 10.6. The molecule has 2 aromatic rings. The molecule has 0 spiro atoms. The van der Waals surface area contributed by atoms with Crippen LogP contribution in [-0.4, -0.2) is 29.9 Å². The molecule has 2 rings (SSSR count). The third kappa shape index (κ3) is 6.63. The largest absolute Gasteiger partial charge is 0.466 e. The van der Waals surface area contributed by atoms with Crippen molar-refractivity contribution >= 4 is 18.0 Å². The predicted octanol–water partition coefficient (Wildman–Crippen LogP) is 3.68. The maximum atomic E-state index is 12.6. The van der Waals surface area contributed by atoms with Gasteiger partial charge in [-0.2, -0.15) is 0 Å². The second-order valence-corrected chi connectivity index (χ2v) is 5.54. The lowest BCUT2D eigenvalue weighted by molar-refractivity contribution is -0.143. The standard InChI is InChI=1S/C21H23NO3/c1-2-25-21(24)15-16-22(17-19-11-7-4-8-12-19)20(23)14-13-18-9-5-3-6-10-18/h3-14H,2,15-17H2,1H3/b14-13+. The van der Waals surface area contributed by atoms with Gasteiger partial charge in [-0.3, -0.25) is 9.59 Å². The monoisotopic (exact) mass is 337 g/mol. The van der Waals surface area contributed by atoms with Gasteiger partial charge in [-0.15, -0.1) is 0 Å². The van der Waals surface area contributed by atoms with E-state index in [9.17, 15) is 9.59 Å². The first-order chi connectivity index (χ1) is 12.2. The average Bonchev–Trinajstić information content (AvgIpc) is 2.65. The van der Waals surface area contributed by atoms with E-state index >= 15 is 0 Å². The number of nitrogens with zero attached hydrogens (tertiary/aromatic N) is 1. The van der Waals surface area contributed by atoms with Gasteiger partial charge in [0.15, 0.2) is 0 Å². The van der Waals surface area contributed by atoms with Crippen LogP contribution in [0, 0.1) is 0 Å². The maximum Gasteiger partial charge on any atom is 0.307 e. The number of amides is 1. The highest BCUT2D eigenvalue weighted by Gasteiger charge is 2.14. The molecule has 4 heteroatoms. The number of esters is 1. The van der Waals surface area contributed by atoms with E-state index in [-0.39, 0.29) is 18.3 Å². The Morgan fingerprint density at radius 2 is 1.64 bits per heavy atom. The van der Waals surface area contributed by atoms with Crippen LogP contribution in [-0.2, 0) is 20.9 Å². The molecule has 0 atom stereocenters. The molecule has 1 amide bonds. The van der Waals surface area contributed by atoms with Gasteiger partial charge in [-0.1, -0.05) is 60.7 Å². The summed E-state index contributed by atoms with van der Waals surface area (Å²) >= 11 is 0. The van der Waals surface area contributed by atoms with Crippen molar-refractivity contribution in [3.05, 3.63) is 77.9 Å². The fourth-order valence-electron chi connectivity index (χ4n) is 2.37. The second-order valence-electron chi connectivity index (χ2n) is 5.54. The first-order valence-corrected chi connectivity index (χ1v) is 8.40. The Bertz CT molecular complexity index is 696. The number of benzene rings is 2. The van der Waals surface area contributed by atoms with E-state index in [2.05, 4.69) is 0 Å². The maximum absolute atomic E-state index is 12.6. The lowest BCUT2D eigenvalue weighted by Crippen LogP contribution is -2.31. The minimum atomic E-state index is -0.291. The lowest BCUT2D eigenvalue weighted by atomic mass is 10.2. The molecule has 0 unspecified atom stereocenters. The van der Waals surface area contributed by atoms with Gasteiger partial charge >= 0.3 is 5.97 Å². The summed E-state index contributed by atoms with van der Waals surface area (Å²) in [6.45, 7) is 2.90. The van der Waals surface area contributed by atoms with Crippen LogP contribution in [0.2, 0.25) is 0 Å². The summed E-state index contributed by atoms with van der Waals surface area (Å²) in [5.74, 6) is -0.419. The Hall–Kier alpha value is -2.88. The Morgan fingerprint density at radius 1 is 1.00 bits per heavy atom. The highest BCUT2D eigenvalue weighted by Crippen LogP contribution is 2.08. The topological polar surface area (TPSA) is 46.6 Å². The zero-order valence-corrected chi connectivity index (χ0v) is 14.4. The molecule has 0 bridgehead atoms. The van der Waals surface area contributed by atoms with Crippen LogP contribution in [0.1, 0.15) is 24.5 Å². The van der Waals surface area contributed by atoms with E-state index in [1.165, 1.54) is 0 Å². The minimum Gasteiger partial charge on any atom is -0.466 e. The van der Waals surface area contributed by atoms with Gasteiger partial charge in [0.2, 0.25) is 5.91 Å². The van der Waals surface area contributed by atoms with E-state index in [0.29, 0.717) is 19.7 Å². The third-order valence-electron chi connectivity index (χ3n) is 3.64. The summed E-state index contributed by atoms with van der Waals surface area (Å²) in [7, 11) is 0. The van der Waals surface area contributed by atoms with E-state index in [1.54, 1.807) is 24.0 Å². The number of rotatable bonds is 8. The molecule has 130 valence electrons.